The van der Waals surface area contributed by atoms with Crippen molar-refractivity contribution in [2.45, 2.75) is 30.7 Å². The summed E-state index contributed by atoms with van der Waals surface area (Å²) in [6.45, 7) is 3.08. The molecule has 1 fully saturated rings. The maximum Gasteiger partial charge on any atom is 0.243 e. The lowest BCUT2D eigenvalue weighted by molar-refractivity contribution is 0.243. The number of nitrogens with zero attached hydrogens (tertiary/aromatic N) is 1. The first-order valence-corrected chi connectivity index (χ1v) is 8.94. The summed E-state index contributed by atoms with van der Waals surface area (Å²) in [5.74, 6) is 0.257. The maximum absolute atomic E-state index is 12.5. The minimum atomic E-state index is -3.37. The molecule has 1 heterocycles. The highest BCUT2D eigenvalue weighted by atomic mass is 127. The Morgan fingerprint density at radius 2 is 2.00 bits per heavy atom. The van der Waals surface area contributed by atoms with Gasteiger partial charge in [-0.1, -0.05) is 0 Å². The number of piperidine rings is 1. The monoisotopic (exact) mass is 394 g/mol. The predicted octanol–water partition coefficient (Wildman–Crippen LogP) is 2.04. The van der Waals surface area contributed by atoms with Crippen LogP contribution in [0.2, 0.25) is 0 Å². The van der Waals surface area contributed by atoms with E-state index in [4.69, 9.17) is 5.73 Å². The fourth-order valence-corrected chi connectivity index (χ4v) is 4.27. The molecule has 106 valence electrons. The molecule has 0 saturated carbocycles. The van der Waals surface area contributed by atoms with Gasteiger partial charge >= 0.3 is 0 Å². The van der Waals surface area contributed by atoms with Gasteiger partial charge in [0.15, 0.2) is 0 Å². The van der Waals surface area contributed by atoms with Crippen molar-refractivity contribution >= 4 is 32.6 Å². The molecule has 0 radical (unpaired) electrons. The molecule has 0 bridgehead atoms. The van der Waals surface area contributed by atoms with Gasteiger partial charge in [0.1, 0.15) is 0 Å². The van der Waals surface area contributed by atoms with Crippen LogP contribution in [0.3, 0.4) is 0 Å². The van der Waals surface area contributed by atoms with Crippen molar-refractivity contribution in [3.8, 4) is 0 Å². The maximum atomic E-state index is 12.5. The molecular weight excluding hydrogens is 375 g/mol. The molecule has 1 aliphatic rings. The third-order valence-electron chi connectivity index (χ3n) is 3.62. The third kappa shape index (κ3) is 3.48. The van der Waals surface area contributed by atoms with E-state index in [9.17, 15) is 8.42 Å². The van der Waals surface area contributed by atoms with Gasteiger partial charge in [-0.15, -0.1) is 0 Å². The van der Waals surface area contributed by atoms with Gasteiger partial charge in [-0.25, -0.2) is 8.42 Å². The Kier molecular flexibility index (Phi) is 4.86. The molecule has 2 atom stereocenters. The first-order valence-electron chi connectivity index (χ1n) is 6.42. The molecule has 2 unspecified atom stereocenters. The molecule has 0 aromatic heterocycles. The first-order chi connectivity index (χ1) is 8.91. The summed E-state index contributed by atoms with van der Waals surface area (Å²) in [6.07, 6.45) is 1.90. The molecule has 1 saturated heterocycles. The minimum Gasteiger partial charge on any atom is -0.328 e. The summed E-state index contributed by atoms with van der Waals surface area (Å²) in [5, 5.41) is 0. The van der Waals surface area contributed by atoms with Gasteiger partial charge in [-0.2, -0.15) is 4.31 Å². The SMILES string of the molecule is CC(N)C1CCCN(S(=O)(=O)c2ccc(I)cc2)C1. The van der Waals surface area contributed by atoms with Crippen molar-refractivity contribution in [3.63, 3.8) is 0 Å². The molecule has 1 aromatic rings. The van der Waals surface area contributed by atoms with Gasteiger partial charge < -0.3 is 5.73 Å². The Balaban J connectivity index is 2.22. The highest BCUT2D eigenvalue weighted by molar-refractivity contribution is 14.1. The molecule has 19 heavy (non-hydrogen) atoms. The van der Waals surface area contributed by atoms with E-state index >= 15 is 0 Å². The topological polar surface area (TPSA) is 63.4 Å². The molecule has 6 heteroatoms. The lowest BCUT2D eigenvalue weighted by Crippen LogP contribution is -2.44. The van der Waals surface area contributed by atoms with Gasteiger partial charge in [-0.05, 0) is 72.5 Å². The van der Waals surface area contributed by atoms with Crippen molar-refractivity contribution in [2.75, 3.05) is 13.1 Å². The van der Waals surface area contributed by atoms with Crippen molar-refractivity contribution in [2.24, 2.45) is 11.7 Å². The third-order valence-corrected chi connectivity index (χ3v) is 6.21. The fraction of sp³-hybridized carbons (Fsp3) is 0.538. The van der Waals surface area contributed by atoms with E-state index < -0.39 is 10.0 Å². The smallest absolute Gasteiger partial charge is 0.243 e. The molecule has 1 aromatic carbocycles. The second-order valence-corrected chi connectivity index (χ2v) is 8.26. The Labute approximate surface area is 128 Å². The average Bonchev–Trinajstić information content (AvgIpc) is 2.39. The molecule has 0 spiro atoms. The first kappa shape index (κ1) is 15.2. The summed E-state index contributed by atoms with van der Waals surface area (Å²) >= 11 is 2.17. The van der Waals surface area contributed by atoms with Crippen molar-refractivity contribution in [1.29, 1.82) is 0 Å². The van der Waals surface area contributed by atoms with E-state index in [-0.39, 0.29) is 12.0 Å². The van der Waals surface area contributed by atoms with E-state index in [1.165, 1.54) is 0 Å². The van der Waals surface area contributed by atoms with Crippen LogP contribution in [-0.2, 0) is 10.0 Å². The van der Waals surface area contributed by atoms with E-state index in [0.717, 1.165) is 16.4 Å². The molecule has 0 amide bonds. The lowest BCUT2D eigenvalue weighted by atomic mass is 9.93. The van der Waals surface area contributed by atoms with Gasteiger partial charge in [0.05, 0.1) is 4.90 Å². The standard InChI is InChI=1S/C13H19IN2O2S/c1-10(15)11-3-2-8-16(9-11)19(17,18)13-6-4-12(14)5-7-13/h4-7,10-11H,2-3,8-9,15H2,1H3. The molecule has 2 rings (SSSR count). The number of sulfonamides is 1. The number of halogens is 1. The van der Waals surface area contributed by atoms with Crippen LogP contribution in [0.4, 0.5) is 0 Å². The van der Waals surface area contributed by atoms with Gasteiger partial charge in [-0.3, -0.25) is 0 Å². The van der Waals surface area contributed by atoms with Crippen LogP contribution >= 0.6 is 22.6 Å². The van der Waals surface area contributed by atoms with E-state index in [0.29, 0.717) is 18.0 Å². The van der Waals surface area contributed by atoms with Crippen LogP contribution < -0.4 is 5.73 Å². The Morgan fingerprint density at radius 1 is 1.37 bits per heavy atom. The zero-order valence-electron chi connectivity index (χ0n) is 10.9. The zero-order valence-corrected chi connectivity index (χ0v) is 13.9. The van der Waals surface area contributed by atoms with Gasteiger partial charge in [0.2, 0.25) is 10.0 Å². The second kappa shape index (κ2) is 6.07. The quantitative estimate of drug-likeness (QED) is 0.799. The fourth-order valence-electron chi connectivity index (χ4n) is 2.38. The highest BCUT2D eigenvalue weighted by Crippen LogP contribution is 2.25. The highest BCUT2D eigenvalue weighted by Gasteiger charge is 2.31. The van der Waals surface area contributed by atoms with E-state index in [1.807, 2.05) is 19.1 Å². The Morgan fingerprint density at radius 3 is 2.58 bits per heavy atom. The summed E-state index contributed by atoms with van der Waals surface area (Å²) < 4.78 is 27.7. The number of rotatable bonds is 3. The van der Waals surface area contributed by atoms with Gasteiger partial charge in [0.25, 0.3) is 0 Å². The second-order valence-electron chi connectivity index (χ2n) is 5.08. The molecule has 2 N–H and O–H groups in total. The number of benzene rings is 1. The lowest BCUT2D eigenvalue weighted by Gasteiger charge is -2.33. The van der Waals surface area contributed by atoms with Crippen LogP contribution in [0.5, 0.6) is 0 Å². The van der Waals surface area contributed by atoms with Crippen molar-refractivity contribution in [1.82, 2.24) is 4.31 Å². The van der Waals surface area contributed by atoms with Crippen molar-refractivity contribution in [3.05, 3.63) is 27.8 Å². The normalized spacial score (nSPS) is 23.2. The summed E-state index contributed by atoms with van der Waals surface area (Å²) in [4.78, 5) is 0.373. The predicted molar refractivity (Wildman–Crippen MR) is 84.3 cm³/mol. The molecule has 4 nitrogen and oxygen atoms in total. The number of nitrogens with two attached hydrogens (primary N) is 1. The zero-order chi connectivity index (χ0) is 14.0. The van der Waals surface area contributed by atoms with Crippen LogP contribution in [0, 0.1) is 9.49 Å². The van der Waals surface area contributed by atoms with E-state index in [1.54, 1.807) is 16.4 Å². The van der Waals surface area contributed by atoms with E-state index in [2.05, 4.69) is 22.6 Å². The van der Waals surface area contributed by atoms with Crippen molar-refractivity contribution < 1.29 is 8.42 Å². The van der Waals surface area contributed by atoms with Gasteiger partial charge in [0, 0.05) is 22.7 Å². The summed E-state index contributed by atoms with van der Waals surface area (Å²) in [6, 6.07) is 7.02. The summed E-state index contributed by atoms with van der Waals surface area (Å²) in [5.41, 5.74) is 5.91. The molecule has 0 aliphatic carbocycles. The minimum absolute atomic E-state index is 0.0368. The molecule has 1 aliphatic heterocycles. The van der Waals surface area contributed by atoms with Crippen LogP contribution in [-0.4, -0.2) is 31.9 Å². The molecular formula is C13H19IN2O2S. The Bertz CT molecular complexity index is 528. The average molecular weight is 394 g/mol. The Hall–Kier alpha value is -0.180. The van der Waals surface area contributed by atoms with Crippen LogP contribution in [0.1, 0.15) is 19.8 Å². The number of hydrogen-bond acceptors (Lipinski definition) is 3. The van der Waals surface area contributed by atoms with Crippen LogP contribution in [0.15, 0.2) is 29.2 Å². The summed E-state index contributed by atoms with van der Waals surface area (Å²) in [7, 11) is -3.37. The van der Waals surface area contributed by atoms with Crippen LogP contribution in [0.25, 0.3) is 0 Å². The largest absolute Gasteiger partial charge is 0.328 e. The number of hydrogen-bond donors (Lipinski definition) is 1.